The summed E-state index contributed by atoms with van der Waals surface area (Å²) in [5.74, 6) is 0. The summed E-state index contributed by atoms with van der Waals surface area (Å²) in [7, 11) is 0. The monoisotopic (exact) mass is 205 g/mol. The van der Waals surface area contributed by atoms with Gasteiger partial charge in [0.05, 0.1) is 5.69 Å². The van der Waals surface area contributed by atoms with Crippen molar-refractivity contribution in [3.63, 3.8) is 0 Å². The van der Waals surface area contributed by atoms with Gasteiger partial charge in [-0.1, -0.05) is 36.4 Å². The average molecular weight is 206 g/mol. The first-order chi connectivity index (χ1) is 6.83. The highest BCUT2D eigenvalue weighted by molar-refractivity contribution is 6.27. The molecule has 0 aliphatic heterocycles. The first-order valence-corrected chi connectivity index (χ1v) is 5.08. The fraction of sp³-hybridized carbons (Fsp3) is 0.167. The summed E-state index contributed by atoms with van der Waals surface area (Å²) in [5, 5.41) is 2.43. The molecule has 72 valence electrons. The topological polar surface area (TPSA) is 3.24 Å². The Kier molecular flexibility index (Phi) is 2.60. The van der Waals surface area contributed by atoms with E-state index in [9.17, 15) is 0 Å². The molecule has 0 heterocycles. The van der Waals surface area contributed by atoms with Crippen LogP contribution in [0.25, 0.3) is 10.8 Å². The van der Waals surface area contributed by atoms with E-state index >= 15 is 0 Å². The molecular formula is C12H12ClN. The molecular weight excluding hydrogens is 194 g/mol. The molecule has 0 spiro atoms. The third kappa shape index (κ3) is 1.55. The Bertz CT molecular complexity index is 434. The number of benzene rings is 2. The van der Waals surface area contributed by atoms with Gasteiger partial charge in [0.15, 0.2) is 0 Å². The second-order valence-electron chi connectivity index (χ2n) is 3.18. The van der Waals surface area contributed by atoms with E-state index in [1.165, 1.54) is 10.8 Å². The van der Waals surface area contributed by atoms with Gasteiger partial charge in [0.25, 0.3) is 0 Å². The second kappa shape index (κ2) is 3.89. The molecule has 0 N–H and O–H groups in total. The maximum atomic E-state index is 6.10. The number of rotatable bonds is 2. The highest BCUT2D eigenvalue weighted by Gasteiger charge is 2.04. The van der Waals surface area contributed by atoms with Gasteiger partial charge in [-0.2, -0.15) is 0 Å². The van der Waals surface area contributed by atoms with Crippen LogP contribution in [0.5, 0.6) is 0 Å². The Morgan fingerprint density at radius 2 is 1.79 bits per heavy atom. The fourth-order valence-electron chi connectivity index (χ4n) is 1.59. The van der Waals surface area contributed by atoms with Gasteiger partial charge in [-0.3, -0.25) is 4.42 Å². The third-order valence-electron chi connectivity index (χ3n) is 2.31. The summed E-state index contributed by atoms with van der Waals surface area (Å²) in [4.78, 5) is 0. The molecule has 2 rings (SSSR count). The van der Waals surface area contributed by atoms with E-state index in [1.807, 2.05) is 31.2 Å². The maximum Gasteiger partial charge on any atom is 0.0601 e. The lowest BCUT2D eigenvalue weighted by atomic mass is 10.1. The minimum Gasteiger partial charge on any atom is -0.285 e. The predicted molar refractivity (Wildman–Crippen MR) is 62.8 cm³/mol. The Morgan fingerprint density at radius 1 is 1.07 bits per heavy atom. The lowest BCUT2D eigenvalue weighted by Crippen LogP contribution is -2.08. The van der Waals surface area contributed by atoms with E-state index in [0.29, 0.717) is 0 Å². The molecule has 14 heavy (non-hydrogen) atoms. The number of hydrogen-bond donors (Lipinski definition) is 0. The lowest BCUT2D eigenvalue weighted by molar-refractivity contribution is 1.11. The third-order valence-corrected chi connectivity index (χ3v) is 2.73. The number of halogens is 1. The number of nitrogens with zero attached hydrogens (tertiary/aromatic N) is 1. The van der Waals surface area contributed by atoms with Gasteiger partial charge < -0.3 is 0 Å². The van der Waals surface area contributed by atoms with Gasteiger partial charge in [-0.25, -0.2) is 0 Å². The summed E-state index contributed by atoms with van der Waals surface area (Å²) in [6.07, 6.45) is 0. The zero-order valence-electron chi connectivity index (χ0n) is 8.07. The highest BCUT2D eigenvalue weighted by Crippen LogP contribution is 2.27. The molecule has 2 aromatic rings. The minimum absolute atomic E-state index is 0.801. The quantitative estimate of drug-likeness (QED) is 0.674. The molecule has 0 atom stereocenters. The number of anilines is 1. The zero-order valence-corrected chi connectivity index (χ0v) is 8.83. The van der Waals surface area contributed by atoms with Gasteiger partial charge in [-0.15, -0.1) is 0 Å². The van der Waals surface area contributed by atoms with Crippen molar-refractivity contribution in [2.24, 2.45) is 0 Å². The Balaban J connectivity index is 2.65. The van der Waals surface area contributed by atoms with Crippen LogP contribution in [0, 0.1) is 0 Å². The van der Waals surface area contributed by atoms with Crippen molar-refractivity contribution in [1.82, 2.24) is 0 Å². The second-order valence-corrected chi connectivity index (χ2v) is 3.58. The Labute approximate surface area is 89.0 Å². The minimum atomic E-state index is 0.801. The van der Waals surface area contributed by atoms with Gasteiger partial charge in [0, 0.05) is 23.7 Å². The predicted octanol–water partition coefficient (Wildman–Crippen LogP) is 3.82. The van der Waals surface area contributed by atoms with Crippen LogP contribution < -0.4 is 4.42 Å². The molecule has 0 radical (unpaired) electrons. The van der Waals surface area contributed by atoms with Gasteiger partial charge >= 0.3 is 0 Å². The van der Waals surface area contributed by atoms with E-state index < -0.39 is 0 Å². The average Bonchev–Trinajstić information content (AvgIpc) is 2.27. The summed E-state index contributed by atoms with van der Waals surface area (Å²) in [6, 6.07) is 14.4. The van der Waals surface area contributed by atoms with E-state index in [4.69, 9.17) is 11.8 Å². The van der Waals surface area contributed by atoms with Crippen molar-refractivity contribution in [1.29, 1.82) is 0 Å². The van der Waals surface area contributed by atoms with Crippen molar-refractivity contribution in [2.75, 3.05) is 11.0 Å². The molecule has 0 aliphatic rings. The van der Waals surface area contributed by atoms with Crippen LogP contribution in [0.4, 0.5) is 5.69 Å². The van der Waals surface area contributed by atoms with Crippen molar-refractivity contribution in [3.8, 4) is 0 Å². The summed E-state index contributed by atoms with van der Waals surface area (Å²) in [5.41, 5.74) is 1.08. The smallest absolute Gasteiger partial charge is 0.0601 e. The fourth-order valence-corrected chi connectivity index (χ4v) is 1.74. The summed E-state index contributed by atoms with van der Waals surface area (Å²) < 4.78 is 1.74. The SMILES string of the molecule is CCN(Cl)c1cccc2ccccc12. The molecule has 0 aromatic heterocycles. The molecule has 0 unspecified atom stereocenters. The van der Waals surface area contributed by atoms with Crippen LogP contribution >= 0.6 is 11.8 Å². The van der Waals surface area contributed by atoms with E-state index in [1.54, 1.807) is 4.42 Å². The Hall–Kier alpha value is -1.21. The lowest BCUT2D eigenvalue weighted by Gasteiger charge is -2.15. The van der Waals surface area contributed by atoms with Crippen LogP contribution in [0.15, 0.2) is 42.5 Å². The molecule has 0 saturated carbocycles. The highest BCUT2D eigenvalue weighted by atomic mass is 35.5. The van der Waals surface area contributed by atoms with Crippen molar-refractivity contribution < 1.29 is 0 Å². The summed E-state index contributed by atoms with van der Waals surface area (Å²) in [6.45, 7) is 2.84. The molecule has 0 saturated heterocycles. The Morgan fingerprint density at radius 3 is 2.57 bits per heavy atom. The molecule has 0 amide bonds. The largest absolute Gasteiger partial charge is 0.285 e. The van der Waals surface area contributed by atoms with E-state index in [0.717, 1.165) is 12.2 Å². The number of fused-ring (bicyclic) bond motifs is 1. The van der Waals surface area contributed by atoms with Crippen LogP contribution in [0.3, 0.4) is 0 Å². The maximum absolute atomic E-state index is 6.10. The van der Waals surface area contributed by atoms with Crippen LogP contribution in [-0.2, 0) is 0 Å². The van der Waals surface area contributed by atoms with Gasteiger partial charge in [0.1, 0.15) is 0 Å². The van der Waals surface area contributed by atoms with Gasteiger partial charge in [-0.05, 0) is 18.4 Å². The molecule has 0 aliphatic carbocycles. The zero-order chi connectivity index (χ0) is 9.97. The van der Waals surface area contributed by atoms with Gasteiger partial charge in [0.2, 0.25) is 0 Å². The van der Waals surface area contributed by atoms with E-state index in [-0.39, 0.29) is 0 Å². The van der Waals surface area contributed by atoms with Crippen molar-refractivity contribution >= 4 is 28.2 Å². The number of hydrogen-bond acceptors (Lipinski definition) is 1. The molecule has 2 heteroatoms. The molecule has 1 nitrogen and oxygen atoms in total. The first kappa shape index (κ1) is 9.35. The van der Waals surface area contributed by atoms with Crippen LogP contribution in [0.1, 0.15) is 6.92 Å². The summed E-state index contributed by atoms with van der Waals surface area (Å²) >= 11 is 6.10. The van der Waals surface area contributed by atoms with Crippen LogP contribution in [0.2, 0.25) is 0 Å². The van der Waals surface area contributed by atoms with Crippen LogP contribution in [-0.4, -0.2) is 6.54 Å². The molecule has 0 bridgehead atoms. The van der Waals surface area contributed by atoms with Crippen molar-refractivity contribution in [2.45, 2.75) is 6.92 Å². The van der Waals surface area contributed by atoms with Crippen molar-refractivity contribution in [3.05, 3.63) is 42.5 Å². The van der Waals surface area contributed by atoms with E-state index in [2.05, 4.69) is 18.2 Å². The molecule has 0 fully saturated rings. The standard InChI is InChI=1S/C12H12ClN/c1-2-14(13)12-9-5-7-10-6-3-4-8-11(10)12/h3-9H,2H2,1H3. The first-order valence-electron chi connectivity index (χ1n) is 4.74. The molecule has 2 aromatic carbocycles. The normalized spacial score (nSPS) is 10.4.